The van der Waals surface area contributed by atoms with E-state index in [0.29, 0.717) is 18.4 Å². The number of hydrogen-bond donors (Lipinski definition) is 1. The molecule has 1 fully saturated rings. The highest BCUT2D eigenvalue weighted by atomic mass is 16.5. The minimum Gasteiger partial charge on any atom is -0.476 e. The first kappa shape index (κ1) is 14.1. The lowest BCUT2D eigenvalue weighted by Crippen LogP contribution is -2.33. The SMILES string of the molecule is CCCNc1nccc(OCCN2CCCCC2)n1. The van der Waals surface area contributed by atoms with Crippen molar-refractivity contribution < 1.29 is 4.74 Å². The summed E-state index contributed by atoms with van der Waals surface area (Å²) in [4.78, 5) is 11.0. The van der Waals surface area contributed by atoms with E-state index in [1.54, 1.807) is 6.20 Å². The highest BCUT2D eigenvalue weighted by molar-refractivity contribution is 5.27. The predicted octanol–water partition coefficient (Wildman–Crippen LogP) is 2.16. The summed E-state index contributed by atoms with van der Waals surface area (Å²) in [6.07, 6.45) is 6.80. The van der Waals surface area contributed by atoms with E-state index in [4.69, 9.17) is 4.74 Å². The number of rotatable bonds is 7. The molecule has 1 N–H and O–H groups in total. The molecule has 5 nitrogen and oxygen atoms in total. The zero-order chi connectivity index (χ0) is 13.3. The van der Waals surface area contributed by atoms with Crippen LogP contribution in [0, 0.1) is 0 Å². The van der Waals surface area contributed by atoms with Crippen LogP contribution < -0.4 is 10.1 Å². The second-order valence-corrected chi connectivity index (χ2v) is 4.90. The van der Waals surface area contributed by atoms with Crippen molar-refractivity contribution in [3.8, 4) is 5.88 Å². The van der Waals surface area contributed by atoms with Crippen molar-refractivity contribution in [1.82, 2.24) is 14.9 Å². The van der Waals surface area contributed by atoms with Crippen LogP contribution in [0.15, 0.2) is 12.3 Å². The molecule has 2 rings (SSSR count). The highest BCUT2D eigenvalue weighted by Gasteiger charge is 2.09. The van der Waals surface area contributed by atoms with Crippen molar-refractivity contribution in [3.63, 3.8) is 0 Å². The van der Waals surface area contributed by atoms with Crippen LogP contribution in [0.2, 0.25) is 0 Å². The van der Waals surface area contributed by atoms with E-state index >= 15 is 0 Å². The molecule has 1 aromatic heterocycles. The molecule has 1 aliphatic rings. The summed E-state index contributed by atoms with van der Waals surface area (Å²) in [7, 11) is 0. The summed E-state index contributed by atoms with van der Waals surface area (Å²) >= 11 is 0. The van der Waals surface area contributed by atoms with Gasteiger partial charge in [-0.25, -0.2) is 4.98 Å². The normalized spacial score (nSPS) is 16.3. The molecule has 0 aliphatic carbocycles. The van der Waals surface area contributed by atoms with Crippen LogP contribution >= 0.6 is 0 Å². The monoisotopic (exact) mass is 264 g/mol. The topological polar surface area (TPSA) is 50.3 Å². The summed E-state index contributed by atoms with van der Waals surface area (Å²) in [5.41, 5.74) is 0. The molecule has 0 radical (unpaired) electrons. The smallest absolute Gasteiger partial charge is 0.225 e. The van der Waals surface area contributed by atoms with Crippen molar-refractivity contribution in [1.29, 1.82) is 0 Å². The van der Waals surface area contributed by atoms with E-state index in [1.165, 1.54) is 32.4 Å². The molecule has 0 unspecified atom stereocenters. The van der Waals surface area contributed by atoms with Gasteiger partial charge in [0.1, 0.15) is 6.61 Å². The zero-order valence-corrected chi connectivity index (χ0v) is 11.8. The van der Waals surface area contributed by atoms with Crippen LogP contribution in [-0.2, 0) is 0 Å². The van der Waals surface area contributed by atoms with Gasteiger partial charge in [-0.05, 0) is 32.4 Å². The number of aromatic nitrogens is 2. The Morgan fingerprint density at radius 1 is 1.32 bits per heavy atom. The number of nitrogens with zero attached hydrogens (tertiary/aromatic N) is 3. The van der Waals surface area contributed by atoms with Gasteiger partial charge in [0.15, 0.2) is 0 Å². The average Bonchev–Trinajstić information content (AvgIpc) is 2.47. The van der Waals surface area contributed by atoms with Gasteiger partial charge in [0, 0.05) is 25.4 Å². The molecule has 106 valence electrons. The number of likely N-dealkylation sites (tertiary alicyclic amines) is 1. The van der Waals surface area contributed by atoms with Gasteiger partial charge in [-0.15, -0.1) is 0 Å². The first-order valence-corrected chi connectivity index (χ1v) is 7.30. The maximum Gasteiger partial charge on any atom is 0.225 e. The summed E-state index contributed by atoms with van der Waals surface area (Å²) < 4.78 is 5.70. The Kier molecular flexibility index (Phi) is 5.88. The van der Waals surface area contributed by atoms with Gasteiger partial charge in [0.05, 0.1) is 0 Å². The number of nitrogens with one attached hydrogen (secondary N) is 1. The van der Waals surface area contributed by atoms with Crippen molar-refractivity contribution in [3.05, 3.63) is 12.3 Å². The summed E-state index contributed by atoms with van der Waals surface area (Å²) in [5.74, 6) is 1.31. The molecule has 1 aromatic rings. The Morgan fingerprint density at radius 3 is 2.95 bits per heavy atom. The fourth-order valence-corrected chi connectivity index (χ4v) is 2.21. The van der Waals surface area contributed by atoms with E-state index in [9.17, 15) is 0 Å². The summed E-state index contributed by atoms with van der Waals surface area (Å²) in [6.45, 7) is 7.10. The van der Waals surface area contributed by atoms with E-state index in [-0.39, 0.29) is 0 Å². The first-order valence-electron chi connectivity index (χ1n) is 7.30. The Bertz CT molecular complexity index is 366. The van der Waals surface area contributed by atoms with Crippen LogP contribution in [0.4, 0.5) is 5.95 Å². The predicted molar refractivity (Wildman–Crippen MR) is 76.6 cm³/mol. The Balaban J connectivity index is 1.72. The van der Waals surface area contributed by atoms with Gasteiger partial charge in [0.2, 0.25) is 11.8 Å². The quantitative estimate of drug-likeness (QED) is 0.818. The van der Waals surface area contributed by atoms with E-state index in [2.05, 4.69) is 27.1 Å². The van der Waals surface area contributed by atoms with Crippen molar-refractivity contribution >= 4 is 5.95 Å². The third-order valence-electron chi connectivity index (χ3n) is 3.27. The zero-order valence-electron chi connectivity index (χ0n) is 11.8. The number of anilines is 1. The largest absolute Gasteiger partial charge is 0.476 e. The lowest BCUT2D eigenvalue weighted by atomic mass is 10.1. The standard InChI is InChI=1S/C14H24N4O/c1-2-7-15-14-16-8-6-13(17-14)19-12-11-18-9-4-3-5-10-18/h6,8H,2-5,7,9-12H2,1H3,(H,15,16,17). The van der Waals surface area contributed by atoms with Crippen molar-refractivity contribution in [2.24, 2.45) is 0 Å². The van der Waals surface area contributed by atoms with E-state index in [1.807, 2.05) is 6.07 Å². The first-order chi connectivity index (χ1) is 9.38. The van der Waals surface area contributed by atoms with Crippen LogP contribution in [0.1, 0.15) is 32.6 Å². The maximum absolute atomic E-state index is 5.70. The molecule has 0 atom stereocenters. The number of hydrogen-bond acceptors (Lipinski definition) is 5. The molecule has 0 spiro atoms. The fraction of sp³-hybridized carbons (Fsp3) is 0.714. The minimum atomic E-state index is 0.650. The molecule has 0 bridgehead atoms. The molecule has 2 heterocycles. The van der Waals surface area contributed by atoms with E-state index < -0.39 is 0 Å². The molecule has 1 aliphatic heterocycles. The molecular formula is C14H24N4O. The summed E-state index contributed by atoms with van der Waals surface area (Å²) in [5, 5.41) is 3.16. The maximum atomic E-state index is 5.70. The van der Waals surface area contributed by atoms with Gasteiger partial charge in [0.25, 0.3) is 0 Å². The molecule has 1 saturated heterocycles. The Morgan fingerprint density at radius 2 is 2.16 bits per heavy atom. The van der Waals surface area contributed by atoms with Gasteiger partial charge in [-0.2, -0.15) is 4.98 Å². The third-order valence-corrected chi connectivity index (χ3v) is 3.27. The second kappa shape index (κ2) is 7.94. The molecule has 0 amide bonds. The van der Waals surface area contributed by atoms with E-state index in [0.717, 1.165) is 19.5 Å². The molecule has 0 aromatic carbocycles. The molecule has 5 heteroatoms. The fourth-order valence-electron chi connectivity index (χ4n) is 2.21. The number of piperidine rings is 1. The second-order valence-electron chi connectivity index (χ2n) is 4.90. The molecule has 19 heavy (non-hydrogen) atoms. The van der Waals surface area contributed by atoms with Gasteiger partial charge in [-0.1, -0.05) is 13.3 Å². The van der Waals surface area contributed by atoms with Crippen molar-refractivity contribution in [2.75, 3.05) is 38.1 Å². The van der Waals surface area contributed by atoms with Crippen LogP contribution in [0.25, 0.3) is 0 Å². The van der Waals surface area contributed by atoms with Gasteiger partial charge >= 0.3 is 0 Å². The minimum absolute atomic E-state index is 0.650. The number of ether oxygens (including phenoxy) is 1. The van der Waals surface area contributed by atoms with Gasteiger partial charge in [-0.3, -0.25) is 4.90 Å². The van der Waals surface area contributed by atoms with Gasteiger partial charge < -0.3 is 10.1 Å². The highest BCUT2D eigenvalue weighted by Crippen LogP contribution is 2.10. The van der Waals surface area contributed by atoms with Crippen LogP contribution in [0.3, 0.4) is 0 Å². The molecule has 0 saturated carbocycles. The Labute approximate surface area is 115 Å². The summed E-state index contributed by atoms with van der Waals surface area (Å²) in [6, 6.07) is 1.81. The van der Waals surface area contributed by atoms with Crippen LogP contribution in [0.5, 0.6) is 5.88 Å². The Hall–Kier alpha value is -1.36. The molecular weight excluding hydrogens is 240 g/mol. The lowest BCUT2D eigenvalue weighted by molar-refractivity contribution is 0.180. The third kappa shape index (κ3) is 5.03. The van der Waals surface area contributed by atoms with Crippen LogP contribution in [-0.4, -0.2) is 47.7 Å². The van der Waals surface area contributed by atoms with Crippen molar-refractivity contribution in [2.45, 2.75) is 32.6 Å². The average molecular weight is 264 g/mol. The lowest BCUT2D eigenvalue weighted by Gasteiger charge is -2.26.